The van der Waals surface area contributed by atoms with Crippen LogP contribution in [0.3, 0.4) is 0 Å². The van der Waals surface area contributed by atoms with Gasteiger partial charge in [0.15, 0.2) is 0 Å². The van der Waals surface area contributed by atoms with Gasteiger partial charge in [0.2, 0.25) is 0 Å². The SMILES string of the molecule is CCCC(NC)c1c(F)ccc(C)c1F. The first kappa shape index (κ1) is 12.1. The number of rotatable bonds is 4. The van der Waals surface area contributed by atoms with Crippen molar-refractivity contribution in [3.8, 4) is 0 Å². The molecule has 0 spiro atoms. The Morgan fingerprint density at radius 1 is 1.33 bits per heavy atom. The average Bonchev–Trinajstić information content (AvgIpc) is 2.22. The molecule has 0 aliphatic rings. The second-order valence-electron chi connectivity index (χ2n) is 3.72. The molecule has 1 N–H and O–H groups in total. The Morgan fingerprint density at radius 3 is 2.53 bits per heavy atom. The molecule has 84 valence electrons. The van der Waals surface area contributed by atoms with Gasteiger partial charge in [0.25, 0.3) is 0 Å². The van der Waals surface area contributed by atoms with Gasteiger partial charge in [-0.25, -0.2) is 8.78 Å². The summed E-state index contributed by atoms with van der Waals surface area (Å²) in [6.07, 6.45) is 1.62. The Hall–Kier alpha value is -0.960. The molecule has 0 bridgehead atoms. The zero-order valence-corrected chi connectivity index (χ0v) is 9.40. The molecule has 15 heavy (non-hydrogen) atoms. The van der Waals surface area contributed by atoms with E-state index >= 15 is 0 Å². The van der Waals surface area contributed by atoms with Gasteiger partial charge in [-0.2, -0.15) is 0 Å². The van der Waals surface area contributed by atoms with E-state index in [1.54, 1.807) is 14.0 Å². The van der Waals surface area contributed by atoms with Crippen molar-refractivity contribution in [2.75, 3.05) is 7.05 Å². The molecule has 0 aromatic heterocycles. The highest BCUT2D eigenvalue weighted by atomic mass is 19.1. The molecule has 1 unspecified atom stereocenters. The van der Waals surface area contributed by atoms with E-state index in [1.165, 1.54) is 12.1 Å². The zero-order chi connectivity index (χ0) is 11.4. The first-order chi connectivity index (χ1) is 7.11. The monoisotopic (exact) mass is 213 g/mol. The van der Waals surface area contributed by atoms with Gasteiger partial charge in [-0.15, -0.1) is 0 Å². The van der Waals surface area contributed by atoms with Crippen LogP contribution in [0, 0.1) is 18.6 Å². The third kappa shape index (κ3) is 2.53. The van der Waals surface area contributed by atoms with Crippen molar-refractivity contribution in [1.29, 1.82) is 0 Å². The van der Waals surface area contributed by atoms with E-state index in [0.29, 0.717) is 5.56 Å². The first-order valence-electron chi connectivity index (χ1n) is 5.23. The minimum atomic E-state index is -0.467. The third-order valence-electron chi connectivity index (χ3n) is 2.59. The third-order valence-corrected chi connectivity index (χ3v) is 2.59. The molecule has 0 amide bonds. The van der Waals surface area contributed by atoms with Crippen molar-refractivity contribution in [3.63, 3.8) is 0 Å². The summed E-state index contributed by atoms with van der Waals surface area (Å²) < 4.78 is 27.3. The number of aryl methyl sites for hydroxylation is 1. The molecule has 0 fully saturated rings. The average molecular weight is 213 g/mol. The lowest BCUT2D eigenvalue weighted by Gasteiger charge is -2.18. The van der Waals surface area contributed by atoms with Crippen molar-refractivity contribution in [2.45, 2.75) is 32.7 Å². The Bertz CT molecular complexity index is 337. The van der Waals surface area contributed by atoms with Crippen LogP contribution in [0.2, 0.25) is 0 Å². The van der Waals surface area contributed by atoms with Gasteiger partial charge in [-0.1, -0.05) is 19.4 Å². The Morgan fingerprint density at radius 2 is 2.00 bits per heavy atom. The molecule has 0 aliphatic heterocycles. The lowest BCUT2D eigenvalue weighted by atomic mass is 9.99. The molecule has 3 heteroatoms. The Labute approximate surface area is 89.5 Å². The van der Waals surface area contributed by atoms with E-state index in [0.717, 1.165) is 12.8 Å². The van der Waals surface area contributed by atoms with Crippen LogP contribution >= 0.6 is 0 Å². The smallest absolute Gasteiger partial charge is 0.133 e. The number of hydrogen-bond acceptors (Lipinski definition) is 1. The second-order valence-corrected chi connectivity index (χ2v) is 3.72. The maximum atomic E-state index is 13.7. The van der Waals surface area contributed by atoms with Gasteiger partial charge in [-0.3, -0.25) is 0 Å². The van der Waals surface area contributed by atoms with Gasteiger partial charge in [0.05, 0.1) is 0 Å². The molecule has 1 aromatic carbocycles. The summed E-state index contributed by atoms with van der Waals surface area (Å²) in [5.41, 5.74) is 0.655. The van der Waals surface area contributed by atoms with Crippen molar-refractivity contribution in [1.82, 2.24) is 5.32 Å². The molecule has 0 heterocycles. The van der Waals surface area contributed by atoms with Crippen LogP contribution in [-0.2, 0) is 0 Å². The molecule has 1 rings (SSSR count). The van der Waals surface area contributed by atoms with E-state index in [1.807, 2.05) is 6.92 Å². The summed E-state index contributed by atoms with van der Waals surface area (Å²) >= 11 is 0. The number of halogens is 2. The summed E-state index contributed by atoms with van der Waals surface area (Å²) in [6, 6.07) is 2.55. The maximum Gasteiger partial charge on any atom is 0.133 e. The van der Waals surface area contributed by atoms with Gasteiger partial charge < -0.3 is 5.32 Å². The van der Waals surface area contributed by atoms with Gasteiger partial charge in [-0.05, 0) is 32.0 Å². The molecular weight excluding hydrogens is 196 g/mol. The predicted octanol–water partition coefficient (Wildman–Crippen LogP) is 3.33. The zero-order valence-electron chi connectivity index (χ0n) is 9.40. The van der Waals surface area contributed by atoms with Crippen molar-refractivity contribution in [3.05, 3.63) is 34.9 Å². The standard InChI is InChI=1S/C12H17F2N/c1-4-5-10(15-3)11-9(13)7-6-8(2)12(11)14/h6-7,10,15H,4-5H2,1-3H3. The largest absolute Gasteiger partial charge is 0.313 e. The summed E-state index contributed by atoms with van der Waals surface area (Å²) in [7, 11) is 1.72. The van der Waals surface area contributed by atoms with Crippen LogP contribution in [0.4, 0.5) is 8.78 Å². The highest BCUT2D eigenvalue weighted by Gasteiger charge is 2.19. The molecule has 0 saturated heterocycles. The Balaban J connectivity index is 3.15. The van der Waals surface area contributed by atoms with Crippen LogP contribution in [0.1, 0.15) is 36.9 Å². The summed E-state index contributed by atoms with van der Waals surface area (Å²) in [6.45, 7) is 3.65. The minimum Gasteiger partial charge on any atom is -0.313 e. The van der Waals surface area contributed by atoms with E-state index in [-0.39, 0.29) is 11.6 Å². The minimum absolute atomic E-state index is 0.166. The van der Waals surface area contributed by atoms with Crippen LogP contribution in [0.25, 0.3) is 0 Å². The summed E-state index contributed by atoms with van der Waals surface area (Å²) in [5, 5.41) is 2.95. The summed E-state index contributed by atoms with van der Waals surface area (Å²) in [4.78, 5) is 0. The van der Waals surface area contributed by atoms with Crippen molar-refractivity contribution >= 4 is 0 Å². The molecule has 0 aliphatic carbocycles. The first-order valence-corrected chi connectivity index (χ1v) is 5.23. The van der Waals surface area contributed by atoms with Crippen molar-refractivity contribution < 1.29 is 8.78 Å². The highest BCUT2D eigenvalue weighted by Crippen LogP contribution is 2.25. The molecule has 0 saturated carbocycles. The lowest BCUT2D eigenvalue weighted by molar-refractivity contribution is 0.465. The second kappa shape index (κ2) is 5.21. The van der Waals surface area contributed by atoms with Crippen LogP contribution in [-0.4, -0.2) is 7.05 Å². The fourth-order valence-corrected chi connectivity index (χ4v) is 1.72. The van der Waals surface area contributed by atoms with Crippen molar-refractivity contribution in [2.24, 2.45) is 0 Å². The molecule has 1 nitrogen and oxygen atoms in total. The Kier molecular flexibility index (Phi) is 4.21. The quantitative estimate of drug-likeness (QED) is 0.808. The van der Waals surface area contributed by atoms with E-state index in [2.05, 4.69) is 5.32 Å². The van der Waals surface area contributed by atoms with Gasteiger partial charge in [0, 0.05) is 11.6 Å². The van der Waals surface area contributed by atoms with E-state index in [4.69, 9.17) is 0 Å². The predicted molar refractivity (Wildman–Crippen MR) is 57.8 cm³/mol. The number of benzene rings is 1. The van der Waals surface area contributed by atoms with Crippen LogP contribution in [0.5, 0.6) is 0 Å². The van der Waals surface area contributed by atoms with Crippen LogP contribution in [0.15, 0.2) is 12.1 Å². The normalized spacial score (nSPS) is 12.9. The van der Waals surface area contributed by atoms with Gasteiger partial charge >= 0.3 is 0 Å². The lowest BCUT2D eigenvalue weighted by Crippen LogP contribution is -2.19. The number of hydrogen-bond donors (Lipinski definition) is 1. The fraction of sp³-hybridized carbons (Fsp3) is 0.500. The highest BCUT2D eigenvalue weighted by molar-refractivity contribution is 5.29. The number of nitrogens with one attached hydrogen (secondary N) is 1. The maximum absolute atomic E-state index is 13.7. The molecule has 1 aromatic rings. The fourth-order valence-electron chi connectivity index (χ4n) is 1.72. The van der Waals surface area contributed by atoms with Crippen LogP contribution < -0.4 is 5.32 Å². The van der Waals surface area contributed by atoms with E-state index in [9.17, 15) is 8.78 Å². The molecule has 1 atom stereocenters. The topological polar surface area (TPSA) is 12.0 Å². The molecular formula is C12H17F2N. The summed E-state index contributed by atoms with van der Waals surface area (Å²) in [5.74, 6) is -0.895. The molecule has 0 radical (unpaired) electrons. The van der Waals surface area contributed by atoms with Gasteiger partial charge in [0.1, 0.15) is 11.6 Å². The van der Waals surface area contributed by atoms with E-state index < -0.39 is 11.6 Å².